The van der Waals surface area contributed by atoms with Crippen molar-refractivity contribution in [3.8, 4) is 0 Å². The number of carbonyl (C=O) groups excluding carboxylic acids is 2. The highest BCUT2D eigenvalue weighted by atomic mass is 16.5. The predicted molar refractivity (Wildman–Crippen MR) is 121 cm³/mol. The summed E-state index contributed by atoms with van der Waals surface area (Å²) in [7, 11) is 0. The molecule has 0 aliphatic rings. The maximum atomic E-state index is 12.3. The van der Waals surface area contributed by atoms with Gasteiger partial charge in [0, 0.05) is 35.8 Å². The average Bonchev–Trinajstić information content (AvgIpc) is 2.75. The normalized spacial score (nSPS) is 10.7. The van der Waals surface area contributed by atoms with Crippen molar-refractivity contribution in [1.82, 2.24) is 0 Å². The first-order valence-corrected chi connectivity index (χ1v) is 10.7. The predicted octanol–water partition coefficient (Wildman–Crippen LogP) is 4.48. The molecule has 0 unspecified atom stereocenters. The summed E-state index contributed by atoms with van der Waals surface area (Å²) in [6.07, 6.45) is 3.05. The fourth-order valence-corrected chi connectivity index (χ4v) is 3.12. The van der Waals surface area contributed by atoms with Gasteiger partial charge in [0.1, 0.15) is 11.1 Å². The van der Waals surface area contributed by atoms with Crippen LogP contribution in [0.15, 0.2) is 45.6 Å². The zero-order valence-corrected chi connectivity index (χ0v) is 18.6. The molecule has 0 N–H and O–H groups in total. The number of rotatable bonds is 12. The number of ether oxygens (including phenoxy) is 2. The molecule has 1 heterocycles. The van der Waals surface area contributed by atoms with Crippen LogP contribution in [-0.2, 0) is 14.3 Å². The third-order valence-corrected chi connectivity index (χ3v) is 4.92. The maximum absolute atomic E-state index is 12.3. The topological polar surface area (TPSA) is 86.1 Å². The van der Waals surface area contributed by atoms with Gasteiger partial charge in [-0.1, -0.05) is 6.58 Å². The van der Waals surface area contributed by atoms with Crippen LogP contribution in [0.1, 0.15) is 56.8 Å². The lowest BCUT2D eigenvalue weighted by atomic mass is 10.1. The molecule has 0 spiro atoms. The average molecular weight is 430 g/mol. The Balaban J connectivity index is 1.84. The third kappa shape index (κ3) is 6.98. The number of benzene rings is 1. The van der Waals surface area contributed by atoms with E-state index in [0.29, 0.717) is 29.6 Å². The summed E-state index contributed by atoms with van der Waals surface area (Å²) >= 11 is 0. The first-order valence-electron chi connectivity index (χ1n) is 10.7. The van der Waals surface area contributed by atoms with E-state index in [1.165, 1.54) is 6.07 Å². The van der Waals surface area contributed by atoms with E-state index in [0.717, 1.165) is 38.0 Å². The first kappa shape index (κ1) is 24.2. The molecular weight excluding hydrogens is 398 g/mol. The van der Waals surface area contributed by atoms with Gasteiger partial charge in [0.2, 0.25) is 0 Å². The lowest BCUT2D eigenvalue weighted by Crippen LogP contribution is -2.21. The molecule has 31 heavy (non-hydrogen) atoms. The Morgan fingerprint density at radius 2 is 1.65 bits per heavy atom. The number of carbonyl (C=O) groups is 2. The largest absolute Gasteiger partial charge is 0.462 e. The second-order valence-electron chi connectivity index (χ2n) is 7.31. The number of anilines is 1. The second kappa shape index (κ2) is 11.9. The number of hydrogen-bond acceptors (Lipinski definition) is 7. The summed E-state index contributed by atoms with van der Waals surface area (Å²) in [6.45, 7) is 11.5. The van der Waals surface area contributed by atoms with E-state index in [9.17, 15) is 14.4 Å². The van der Waals surface area contributed by atoms with Crippen molar-refractivity contribution >= 4 is 28.6 Å². The van der Waals surface area contributed by atoms with Gasteiger partial charge in [0.15, 0.2) is 0 Å². The molecule has 0 bridgehead atoms. The Labute approximate surface area is 182 Å². The van der Waals surface area contributed by atoms with Gasteiger partial charge in [-0.15, -0.1) is 0 Å². The lowest BCUT2D eigenvalue weighted by molar-refractivity contribution is -0.139. The molecule has 0 atom stereocenters. The Morgan fingerprint density at radius 3 is 2.26 bits per heavy atom. The zero-order valence-electron chi connectivity index (χ0n) is 18.6. The van der Waals surface area contributed by atoms with Gasteiger partial charge in [0.25, 0.3) is 0 Å². The molecule has 0 amide bonds. The summed E-state index contributed by atoms with van der Waals surface area (Å²) in [5.74, 6) is -1.06. The molecule has 1 aromatic heterocycles. The minimum absolute atomic E-state index is 0.102. The Bertz CT molecular complexity index is 974. The van der Waals surface area contributed by atoms with Gasteiger partial charge < -0.3 is 18.8 Å². The van der Waals surface area contributed by atoms with E-state index in [1.807, 2.05) is 18.2 Å². The Hall–Kier alpha value is -3.09. The summed E-state index contributed by atoms with van der Waals surface area (Å²) < 4.78 is 15.6. The van der Waals surface area contributed by atoms with E-state index in [4.69, 9.17) is 13.9 Å². The molecular formula is C24H31NO6. The minimum Gasteiger partial charge on any atom is -0.462 e. The van der Waals surface area contributed by atoms with Crippen molar-refractivity contribution in [2.24, 2.45) is 0 Å². The van der Waals surface area contributed by atoms with Crippen molar-refractivity contribution in [1.29, 1.82) is 0 Å². The van der Waals surface area contributed by atoms with Crippen molar-refractivity contribution < 1.29 is 23.5 Å². The van der Waals surface area contributed by atoms with Crippen LogP contribution in [-0.4, -0.2) is 38.2 Å². The fraction of sp³-hybridized carbons (Fsp3) is 0.458. The summed E-state index contributed by atoms with van der Waals surface area (Å²) in [5, 5.41) is 0.673. The van der Waals surface area contributed by atoms with Gasteiger partial charge in [-0.3, -0.25) is 0 Å². The van der Waals surface area contributed by atoms with Crippen molar-refractivity contribution in [2.75, 3.05) is 31.2 Å². The molecule has 7 heteroatoms. The number of fused-ring (bicyclic) bond motifs is 1. The lowest BCUT2D eigenvalue weighted by Gasteiger charge is -2.20. The van der Waals surface area contributed by atoms with E-state index < -0.39 is 11.6 Å². The Kier molecular flexibility index (Phi) is 9.31. The van der Waals surface area contributed by atoms with Crippen molar-refractivity contribution in [2.45, 2.75) is 46.5 Å². The molecule has 168 valence electrons. The first-order chi connectivity index (χ1) is 14.9. The highest BCUT2D eigenvalue weighted by Gasteiger charge is 2.16. The quantitative estimate of drug-likeness (QED) is 0.213. The third-order valence-electron chi connectivity index (χ3n) is 4.92. The van der Waals surface area contributed by atoms with E-state index in [-0.39, 0.29) is 18.1 Å². The zero-order chi connectivity index (χ0) is 22.8. The molecule has 0 radical (unpaired) electrons. The smallest absolute Gasteiger partial charge is 0.351 e. The molecule has 2 aromatic rings. The van der Waals surface area contributed by atoms with E-state index in [1.54, 1.807) is 6.92 Å². The van der Waals surface area contributed by atoms with Crippen LogP contribution < -0.4 is 10.5 Å². The molecule has 0 aliphatic heterocycles. The van der Waals surface area contributed by atoms with E-state index in [2.05, 4.69) is 25.3 Å². The molecule has 0 saturated carbocycles. The van der Waals surface area contributed by atoms with Gasteiger partial charge >= 0.3 is 17.6 Å². The number of nitrogens with zero attached hydrogens (tertiary/aromatic N) is 1. The van der Waals surface area contributed by atoms with Crippen LogP contribution in [0.25, 0.3) is 11.0 Å². The van der Waals surface area contributed by atoms with Crippen LogP contribution in [0.5, 0.6) is 0 Å². The SMILES string of the molecule is C=C(C)C(=O)OCCCCCCOC(=O)c1cc2ccc(N(CC)CC)cc2oc1=O. The molecule has 2 rings (SSSR count). The van der Waals surface area contributed by atoms with Crippen molar-refractivity contribution in [3.05, 3.63) is 52.4 Å². The van der Waals surface area contributed by atoms with Crippen LogP contribution in [0.3, 0.4) is 0 Å². The summed E-state index contributed by atoms with van der Waals surface area (Å²) in [5.41, 5.74) is 0.987. The molecule has 7 nitrogen and oxygen atoms in total. The summed E-state index contributed by atoms with van der Waals surface area (Å²) in [4.78, 5) is 38.0. The van der Waals surface area contributed by atoms with Crippen molar-refractivity contribution in [3.63, 3.8) is 0 Å². The molecule has 0 fully saturated rings. The fourth-order valence-electron chi connectivity index (χ4n) is 3.12. The summed E-state index contributed by atoms with van der Waals surface area (Å²) in [6, 6.07) is 7.11. The monoisotopic (exact) mass is 429 g/mol. The van der Waals surface area contributed by atoms with Crippen LogP contribution in [0.4, 0.5) is 5.69 Å². The molecule has 0 aliphatic carbocycles. The number of unbranched alkanes of at least 4 members (excludes halogenated alkanes) is 3. The molecule has 0 saturated heterocycles. The van der Waals surface area contributed by atoms with Gasteiger partial charge in [-0.05, 0) is 64.7 Å². The van der Waals surface area contributed by atoms with Gasteiger partial charge in [0.05, 0.1) is 13.2 Å². The van der Waals surface area contributed by atoms with Gasteiger partial charge in [-0.25, -0.2) is 14.4 Å². The second-order valence-corrected chi connectivity index (χ2v) is 7.31. The maximum Gasteiger partial charge on any atom is 0.351 e. The molecule has 1 aromatic carbocycles. The van der Waals surface area contributed by atoms with Crippen LogP contribution >= 0.6 is 0 Å². The van der Waals surface area contributed by atoms with E-state index >= 15 is 0 Å². The van der Waals surface area contributed by atoms with Gasteiger partial charge in [-0.2, -0.15) is 0 Å². The number of hydrogen-bond donors (Lipinski definition) is 0. The van der Waals surface area contributed by atoms with Crippen LogP contribution in [0, 0.1) is 0 Å². The minimum atomic E-state index is -0.700. The highest BCUT2D eigenvalue weighted by molar-refractivity contribution is 5.93. The number of esters is 2. The Morgan fingerprint density at radius 1 is 1.00 bits per heavy atom. The van der Waals surface area contributed by atoms with Crippen LogP contribution in [0.2, 0.25) is 0 Å². The standard InChI is InChI=1S/C24H31NO6/c1-5-25(6-2)19-12-11-18-15-20(24(28)31-21(18)16-19)23(27)30-14-10-8-7-9-13-29-22(26)17(3)4/h11-12,15-16H,3,5-10,13-14H2,1-2,4H3. The highest BCUT2D eigenvalue weighted by Crippen LogP contribution is 2.22.